The Bertz CT molecular complexity index is 453. The summed E-state index contributed by atoms with van der Waals surface area (Å²) in [6.45, 7) is 2.94. The average Bonchev–Trinajstić information content (AvgIpc) is 2.71. The largest absolute Gasteiger partial charge is 0.391 e. The van der Waals surface area contributed by atoms with E-state index in [-0.39, 0.29) is 5.69 Å². The fourth-order valence-electron chi connectivity index (χ4n) is 1.92. The zero-order valence-corrected chi connectivity index (χ0v) is 9.92. The predicted octanol–water partition coefficient (Wildman–Crippen LogP) is 1.76. The third-order valence-corrected chi connectivity index (χ3v) is 3.08. The summed E-state index contributed by atoms with van der Waals surface area (Å²) in [5, 5.41) is 3.07. The maximum atomic E-state index is 12.4. The topological polar surface area (TPSA) is 46.9 Å². The lowest BCUT2D eigenvalue weighted by Crippen LogP contribution is -2.29. The number of nitrogens with zero attached hydrogens (tertiary/aromatic N) is 2. The monoisotopic (exact) mass is 261 g/mol. The first-order valence-electron chi connectivity index (χ1n) is 5.74. The number of aromatic nitrogens is 2. The quantitative estimate of drug-likeness (QED) is 0.843. The van der Waals surface area contributed by atoms with Gasteiger partial charge in [0.2, 0.25) is 0 Å². The maximum Gasteiger partial charge on any atom is 0.391 e. The number of halogens is 3. The molecular formula is C11H14F3N3O. The van der Waals surface area contributed by atoms with Crippen LogP contribution in [0.4, 0.5) is 13.2 Å². The lowest BCUT2D eigenvalue weighted by molar-refractivity contribution is -0.168. The minimum Gasteiger partial charge on any atom is -0.332 e. The molecule has 0 amide bonds. The van der Waals surface area contributed by atoms with E-state index in [0.29, 0.717) is 18.8 Å². The Morgan fingerprint density at radius 2 is 2.33 bits per heavy atom. The second-order valence-corrected chi connectivity index (χ2v) is 4.48. The highest BCUT2D eigenvalue weighted by atomic mass is 19.4. The molecule has 2 heterocycles. The van der Waals surface area contributed by atoms with Gasteiger partial charge in [-0.05, 0) is 0 Å². The number of rotatable bonds is 3. The standard InChI is InChI=1S/C11H14F3N3O/c1-7(11(12,13)14)4-9(18)10-8-5-15-2-3-17(8)6-16-10/h6-7,15H,2-5H2,1H3/t7-/m0/s1. The lowest BCUT2D eigenvalue weighted by Gasteiger charge is -2.17. The molecule has 1 aliphatic rings. The lowest BCUT2D eigenvalue weighted by atomic mass is 10.0. The van der Waals surface area contributed by atoms with E-state index in [9.17, 15) is 18.0 Å². The van der Waals surface area contributed by atoms with E-state index in [1.807, 2.05) is 4.57 Å². The highest BCUT2D eigenvalue weighted by Gasteiger charge is 2.38. The minimum atomic E-state index is -4.34. The molecular weight excluding hydrogens is 247 g/mol. The second kappa shape index (κ2) is 4.72. The van der Waals surface area contributed by atoms with Crippen LogP contribution in [0, 0.1) is 5.92 Å². The summed E-state index contributed by atoms with van der Waals surface area (Å²) in [7, 11) is 0. The third-order valence-electron chi connectivity index (χ3n) is 3.08. The minimum absolute atomic E-state index is 0.165. The number of fused-ring (bicyclic) bond motifs is 1. The van der Waals surface area contributed by atoms with E-state index in [4.69, 9.17) is 0 Å². The van der Waals surface area contributed by atoms with Crippen LogP contribution in [0.5, 0.6) is 0 Å². The van der Waals surface area contributed by atoms with Crippen molar-refractivity contribution in [3.63, 3.8) is 0 Å². The van der Waals surface area contributed by atoms with E-state index in [1.54, 1.807) is 0 Å². The molecule has 0 aromatic carbocycles. The number of carbonyl (C=O) groups excluding carboxylic acids is 1. The van der Waals surface area contributed by atoms with Crippen molar-refractivity contribution < 1.29 is 18.0 Å². The summed E-state index contributed by atoms with van der Waals surface area (Å²) < 4.78 is 39.0. The number of nitrogens with one attached hydrogen (secondary N) is 1. The normalized spacial score (nSPS) is 17.3. The molecule has 0 unspecified atom stereocenters. The van der Waals surface area contributed by atoms with E-state index in [2.05, 4.69) is 10.3 Å². The Kier molecular flexibility index (Phi) is 3.43. The third kappa shape index (κ3) is 2.55. The molecule has 18 heavy (non-hydrogen) atoms. The van der Waals surface area contributed by atoms with Crippen molar-refractivity contribution in [3.05, 3.63) is 17.7 Å². The summed E-state index contributed by atoms with van der Waals surface area (Å²) in [6, 6.07) is 0. The van der Waals surface area contributed by atoms with Crippen LogP contribution in [-0.4, -0.2) is 28.1 Å². The first kappa shape index (κ1) is 13.1. The molecule has 0 spiro atoms. The average molecular weight is 261 g/mol. The van der Waals surface area contributed by atoms with Crippen LogP contribution in [0.2, 0.25) is 0 Å². The molecule has 7 heteroatoms. The predicted molar refractivity (Wildman–Crippen MR) is 58.1 cm³/mol. The molecule has 0 saturated heterocycles. The van der Waals surface area contributed by atoms with Gasteiger partial charge in [-0.2, -0.15) is 13.2 Å². The SMILES string of the molecule is C[C@@H](CC(=O)c1ncn2c1CNCC2)C(F)(F)F. The maximum absolute atomic E-state index is 12.4. The van der Waals surface area contributed by atoms with E-state index >= 15 is 0 Å². The fourth-order valence-corrected chi connectivity index (χ4v) is 1.92. The van der Waals surface area contributed by atoms with Gasteiger partial charge in [0.05, 0.1) is 17.9 Å². The van der Waals surface area contributed by atoms with Crippen molar-refractivity contribution in [2.24, 2.45) is 5.92 Å². The molecule has 0 bridgehead atoms. The van der Waals surface area contributed by atoms with Gasteiger partial charge in [0.15, 0.2) is 5.78 Å². The molecule has 100 valence electrons. The van der Waals surface area contributed by atoms with Gasteiger partial charge >= 0.3 is 6.18 Å². The molecule has 1 aromatic rings. The van der Waals surface area contributed by atoms with Gasteiger partial charge in [0.25, 0.3) is 0 Å². The summed E-state index contributed by atoms with van der Waals surface area (Å²) in [6.07, 6.45) is -3.37. The number of alkyl halides is 3. The molecule has 4 nitrogen and oxygen atoms in total. The molecule has 1 aromatic heterocycles. The van der Waals surface area contributed by atoms with Crippen LogP contribution in [-0.2, 0) is 13.1 Å². The van der Waals surface area contributed by atoms with E-state index in [0.717, 1.165) is 13.5 Å². The summed E-state index contributed by atoms with van der Waals surface area (Å²) >= 11 is 0. The number of hydrogen-bond acceptors (Lipinski definition) is 3. The smallest absolute Gasteiger partial charge is 0.332 e. The van der Waals surface area contributed by atoms with E-state index < -0.39 is 24.3 Å². The Morgan fingerprint density at radius 1 is 1.61 bits per heavy atom. The first-order chi connectivity index (χ1) is 8.39. The second-order valence-electron chi connectivity index (χ2n) is 4.48. The van der Waals surface area contributed by atoms with Gasteiger partial charge in [-0.3, -0.25) is 4.79 Å². The van der Waals surface area contributed by atoms with Gasteiger partial charge in [0.1, 0.15) is 5.69 Å². The Morgan fingerprint density at radius 3 is 3.00 bits per heavy atom. The first-order valence-corrected chi connectivity index (χ1v) is 5.74. The van der Waals surface area contributed by atoms with Crippen molar-refractivity contribution in [1.82, 2.24) is 14.9 Å². The van der Waals surface area contributed by atoms with Gasteiger partial charge < -0.3 is 9.88 Å². The molecule has 0 fully saturated rings. The Balaban J connectivity index is 2.12. The fraction of sp³-hybridized carbons (Fsp3) is 0.636. The number of carbonyl (C=O) groups is 1. The van der Waals surface area contributed by atoms with Gasteiger partial charge in [-0.1, -0.05) is 6.92 Å². The highest BCUT2D eigenvalue weighted by molar-refractivity contribution is 5.95. The molecule has 1 atom stereocenters. The van der Waals surface area contributed by atoms with Gasteiger partial charge in [-0.25, -0.2) is 4.98 Å². The van der Waals surface area contributed by atoms with Crippen LogP contribution >= 0.6 is 0 Å². The summed E-state index contributed by atoms with van der Waals surface area (Å²) in [4.78, 5) is 15.8. The number of ketones is 1. The van der Waals surface area contributed by atoms with Crippen LogP contribution in [0.15, 0.2) is 6.33 Å². The van der Waals surface area contributed by atoms with Crippen LogP contribution < -0.4 is 5.32 Å². The van der Waals surface area contributed by atoms with Crippen LogP contribution in [0.25, 0.3) is 0 Å². The summed E-state index contributed by atoms with van der Waals surface area (Å²) in [5.41, 5.74) is 0.846. The van der Waals surface area contributed by atoms with Gasteiger partial charge in [0, 0.05) is 26.1 Å². The zero-order chi connectivity index (χ0) is 13.3. The van der Waals surface area contributed by atoms with Crippen molar-refractivity contribution in [3.8, 4) is 0 Å². The number of hydrogen-bond donors (Lipinski definition) is 1. The van der Waals surface area contributed by atoms with Crippen molar-refractivity contribution >= 4 is 5.78 Å². The van der Waals surface area contributed by atoms with Crippen LogP contribution in [0.3, 0.4) is 0 Å². The molecule has 0 saturated carbocycles. The van der Waals surface area contributed by atoms with Crippen molar-refractivity contribution in [1.29, 1.82) is 0 Å². The molecule has 0 aliphatic carbocycles. The van der Waals surface area contributed by atoms with E-state index in [1.165, 1.54) is 6.33 Å². The molecule has 1 aliphatic heterocycles. The number of imidazole rings is 1. The Hall–Kier alpha value is -1.37. The molecule has 2 rings (SSSR count). The van der Waals surface area contributed by atoms with Crippen LogP contribution in [0.1, 0.15) is 29.5 Å². The molecule has 1 N–H and O–H groups in total. The highest BCUT2D eigenvalue weighted by Crippen LogP contribution is 2.29. The Labute approximate surface area is 102 Å². The zero-order valence-electron chi connectivity index (χ0n) is 9.92. The molecule has 0 radical (unpaired) electrons. The van der Waals surface area contributed by atoms with Crippen molar-refractivity contribution in [2.75, 3.05) is 6.54 Å². The number of Topliss-reactive ketones (excluding diaryl/α,β-unsaturated/α-hetero) is 1. The van der Waals surface area contributed by atoms with Crippen molar-refractivity contribution in [2.45, 2.75) is 32.6 Å². The summed E-state index contributed by atoms with van der Waals surface area (Å²) in [5.74, 6) is -2.18. The van der Waals surface area contributed by atoms with Gasteiger partial charge in [-0.15, -0.1) is 0 Å².